The van der Waals surface area contributed by atoms with Crippen molar-refractivity contribution in [2.75, 3.05) is 19.7 Å². The Balaban J connectivity index is 1.61. The van der Waals surface area contributed by atoms with E-state index in [1.807, 2.05) is 12.1 Å². The fourth-order valence-electron chi connectivity index (χ4n) is 4.17. The maximum atomic E-state index is 13.4. The van der Waals surface area contributed by atoms with Gasteiger partial charge in [-0.05, 0) is 36.6 Å². The van der Waals surface area contributed by atoms with Crippen LogP contribution in [-0.4, -0.2) is 56.8 Å². The lowest BCUT2D eigenvalue weighted by atomic mass is 9.73. The summed E-state index contributed by atoms with van der Waals surface area (Å²) in [6.07, 6.45) is 3.27. The molecular weight excluding hydrogens is 385 g/mol. The molecule has 1 aliphatic heterocycles. The van der Waals surface area contributed by atoms with E-state index >= 15 is 0 Å². The number of aliphatic hydroxyl groups is 2. The molecule has 1 aromatic heterocycles. The molecule has 6 nitrogen and oxygen atoms in total. The molecule has 1 fully saturated rings. The number of carbonyl (C=O) groups excluding carboxylic acids is 1. The van der Waals surface area contributed by atoms with Crippen molar-refractivity contribution >= 4 is 5.91 Å². The number of aromatic amines is 1. The number of rotatable bonds is 5. The number of aliphatic hydroxyl groups excluding tert-OH is 2. The van der Waals surface area contributed by atoms with E-state index in [4.69, 9.17) is 0 Å². The van der Waals surface area contributed by atoms with E-state index in [0.717, 1.165) is 5.56 Å². The number of nitrogens with zero attached hydrogens (tertiary/aromatic N) is 2. The fourth-order valence-corrected chi connectivity index (χ4v) is 4.17. The Kier molecular flexibility index (Phi) is 5.65. The van der Waals surface area contributed by atoms with Gasteiger partial charge < -0.3 is 20.1 Å². The second-order valence-corrected chi connectivity index (χ2v) is 7.84. The van der Waals surface area contributed by atoms with Crippen LogP contribution in [0.25, 0.3) is 11.4 Å². The summed E-state index contributed by atoms with van der Waals surface area (Å²) in [5, 5.41) is 20.9. The first-order valence-corrected chi connectivity index (χ1v) is 9.94. The van der Waals surface area contributed by atoms with Crippen LogP contribution in [0.2, 0.25) is 0 Å². The summed E-state index contributed by atoms with van der Waals surface area (Å²) in [6, 6.07) is 13.3. The van der Waals surface area contributed by atoms with Crippen molar-refractivity contribution in [1.82, 2.24) is 14.9 Å². The molecule has 2 atom stereocenters. The van der Waals surface area contributed by atoms with Crippen molar-refractivity contribution in [1.29, 1.82) is 0 Å². The van der Waals surface area contributed by atoms with Gasteiger partial charge in [0.1, 0.15) is 11.6 Å². The minimum Gasteiger partial charge on any atom is -0.396 e. The maximum Gasteiger partial charge on any atom is 0.254 e. The average Bonchev–Trinajstić information content (AvgIpc) is 3.31. The first-order chi connectivity index (χ1) is 14.5. The van der Waals surface area contributed by atoms with Gasteiger partial charge in [0.15, 0.2) is 0 Å². The van der Waals surface area contributed by atoms with Gasteiger partial charge in [0.25, 0.3) is 5.91 Å². The Labute approximate surface area is 174 Å². The molecule has 3 N–H and O–H groups in total. The van der Waals surface area contributed by atoms with Gasteiger partial charge in [-0.2, -0.15) is 0 Å². The minimum atomic E-state index is -0.911. The normalized spacial score (nSPS) is 21.6. The summed E-state index contributed by atoms with van der Waals surface area (Å²) in [5.74, 6) is 0.0916. The number of nitrogens with one attached hydrogen (secondary N) is 1. The molecule has 2 aromatic carbocycles. The van der Waals surface area contributed by atoms with E-state index in [2.05, 4.69) is 9.97 Å². The molecule has 4 rings (SSSR count). The van der Waals surface area contributed by atoms with Crippen molar-refractivity contribution in [3.05, 3.63) is 77.9 Å². The number of hydrogen-bond acceptors (Lipinski definition) is 4. The highest BCUT2D eigenvalue weighted by Crippen LogP contribution is 2.35. The minimum absolute atomic E-state index is 0.175. The van der Waals surface area contributed by atoms with E-state index in [-0.39, 0.29) is 24.9 Å². The third-order valence-electron chi connectivity index (χ3n) is 5.87. The second-order valence-electron chi connectivity index (χ2n) is 7.84. The highest BCUT2D eigenvalue weighted by Gasteiger charge is 2.44. The first kappa shape index (κ1) is 20.3. The molecule has 0 saturated carbocycles. The summed E-state index contributed by atoms with van der Waals surface area (Å²) >= 11 is 0. The Morgan fingerprint density at radius 3 is 2.70 bits per heavy atom. The SMILES string of the molecule is O=C(c1ccccc1-c1ncc[nH]1)N1CC[C@H](O)[C@@](CO)(Cc2ccc(F)cc2)C1. The molecule has 156 valence electrons. The van der Waals surface area contributed by atoms with Crippen LogP contribution in [0.3, 0.4) is 0 Å². The van der Waals surface area contributed by atoms with Crippen molar-refractivity contribution in [2.45, 2.75) is 18.9 Å². The van der Waals surface area contributed by atoms with Crippen molar-refractivity contribution in [3.63, 3.8) is 0 Å². The molecule has 0 spiro atoms. The van der Waals surface area contributed by atoms with Gasteiger partial charge in [-0.1, -0.05) is 30.3 Å². The Morgan fingerprint density at radius 1 is 1.23 bits per heavy atom. The van der Waals surface area contributed by atoms with Gasteiger partial charge >= 0.3 is 0 Å². The van der Waals surface area contributed by atoms with Gasteiger partial charge in [0, 0.05) is 36.5 Å². The van der Waals surface area contributed by atoms with Gasteiger partial charge in [-0.3, -0.25) is 4.79 Å². The van der Waals surface area contributed by atoms with Crippen LogP contribution in [0.15, 0.2) is 60.9 Å². The molecular formula is C23H24FN3O3. The number of piperidine rings is 1. The number of imidazole rings is 1. The van der Waals surface area contributed by atoms with Crippen LogP contribution in [0.4, 0.5) is 4.39 Å². The maximum absolute atomic E-state index is 13.4. The number of carbonyl (C=O) groups is 1. The number of halogens is 1. The van der Waals surface area contributed by atoms with Crippen LogP contribution >= 0.6 is 0 Å². The third-order valence-corrected chi connectivity index (χ3v) is 5.87. The van der Waals surface area contributed by atoms with Crippen LogP contribution < -0.4 is 0 Å². The molecule has 0 radical (unpaired) electrons. The van der Waals surface area contributed by atoms with E-state index in [1.54, 1.807) is 41.6 Å². The molecule has 3 aromatic rings. The number of hydrogen-bond donors (Lipinski definition) is 3. The molecule has 30 heavy (non-hydrogen) atoms. The summed E-state index contributed by atoms with van der Waals surface area (Å²) < 4.78 is 13.3. The lowest BCUT2D eigenvalue weighted by Gasteiger charge is -2.45. The lowest BCUT2D eigenvalue weighted by Crippen LogP contribution is -2.56. The molecule has 1 amide bonds. The predicted octanol–water partition coefficient (Wildman–Crippen LogP) is 2.64. The van der Waals surface area contributed by atoms with Gasteiger partial charge in [-0.25, -0.2) is 9.37 Å². The largest absolute Gasteiger partial charge is 0.396 e. The van der Waals surface area contributed by atoms with Crippen molar-refractivity contribution in [2.24, 2.45) is 5.41 Å². The van der Waals surface area contributed by atoms with Crippen LogP contribution in [0.5, 0.6) is 0 Å². The zero-order valence-corrected chi connectivity index (χ0v) is 16.5. The van der Waals surface area contributed by atoms with Crippen LogP contribution in [0.1, 0.15) is 22.3 Å². The zero-order valence-electron chi connectivity index (χ0n) is 16.5. The van der Waals surface area contributed by atoms with Gasteiger partial charge in [0.2, 0.25) is 0 Å². The number of H-pyrrole nitrogens is 1. The van der Waals surface area contributed by atoms with E-state index in [9.17, 15) is 19.4 Å². The first-order valence-electron chi connectivity index (χ1n) is 9.94. The van der Waals surface area contributed by atoms with Gasteiger partial charge in [-0.15, -0.1) is 0 Å². The Bertz CT molecular complexity index is 1010. The van der Waals surface area contributed by atoms with E-state index in [0.29, 0.717) is 36.3 Å². The van der Waals surface area contributed by atoms with Crippen molar-refractivity contribution in [3.8, 4) is 11.4 Å². The molecule has 0 bridgehead atoms. The highest BCUT2D eigenvalue weighted by molar-refractivity contribution is 6.00. The fraction of sp³-hybridized carbons (Fsp3) is 0.304. The monoisotopic (exact) mass is 409 g/mol. The summed E-state index contributed by atoms with van der Waals surface area (Å²) in [4.78, 5) is 22.4. The number of amides is 1. The molecule has 0 aliphatic carbocycles. The molecule has 1 aliphatic rings. The molecule has 7 heteroatoms. The van der Waals surface area contributed by atoms with Crippen molar-refractivity contribution < 1.29 is 19.4 Å². The quantitative estimate of drug-likeness (QED) is 0.604. The van der Waals surface area contributed by atoms with Gasteiger partial charge in [0.05, 0.1) is 18.3 Å². The van der Waals surface area contributed by atoms with Crippen LogP contribution in [-0.2, 0) is 6.42 Å². The number of benzene rings is 2. The summed E-state index contributed by atoms with van der Waals surface area (Å²) in [7, 11) is 0. The van der Waals surface area contributed by atoms with Crippen LogP contribution in [0, 0.1) is 11.2 Å². The molecule has 0 unspecified atom stereocenters. The third kappa shape index (κ3) is 3.86. The Hall–Kier alpha value is -3.03. The Morgan fingerprint density at radius 2 is 2.00 bits per heavy atom. The van der Waals surface area contributed by atoms with E-state index < -0.39 is 11.5 Å². The number of likely N-dealkylation sites (tertiary alicyclic amines) is 1. The summed E-state index contributed by atoms with van der Waals surface area (Å²) in [6.45, 7) is 0.306. The topological polar surface area (TPSA) is 89.5 Å². The molecule has 1 saturated heterocycles. The number of aromatic nitrogens is 2. The second kappa shape index (κ2) is 8.38. The lowest BCUT2D eigenvalue weighted by molar-refractivity contribution is -0.0668. The standard InChI is InChI=1S/C23H24FN3O3/c24-17-7-5-16(6-8-17)13-23(15-28)14-27(12-9-20(23)29)22(30)19-4-2-1-3-18(19)21-25-10-11-26-21/h1-8,10-11,20,28-29H,9,12-15H2,(H,25,26)/t20-,23-/m0/s1. The average molecular weight is 409 g/mol. The zero-order chi connectivity index (χ0) is 21.1. The smallest absolute Gasteiger partial charge is 0.254 e. The van der Waals surface area contributed by atoms with E-state index in [1.165, 1.54) is 12.1 Å². The predicted molar refractivity (Wildman–Crippen MR) is 110 cm³/mol. The highest BCUT2D eigenvalue weighted by atomic mass is 19.1. The molecule has 2 heterocycles. The summed E-state index contributed by atoms with van der Waals surface area (Å²) in [5.41, 5.74) is 1.10.